The third-order valence-electron chi connectivity index (χ3n) is 3.08. The summed E-state index contributed by atoms with van der Waals surface area (Å²) in [7, 11) is 0. The molecule has 1 fully saturated rings. The van der Waals surface area contributed by atoms with Crippen LogP contribution < -0.4 is 11.1 Å². The SMILES string of the molecule is CCCC1CC1NC(=O)C(C)(C)C(N)=S. The Kier molecular flexibility index (Phi) is 3.71. The minimum atomic E-state index is -0.727. The number of carbonyl (C=O) groups is 1. The molecule has 86 valence electrons. The van der Waals surface area contributed by atoms with Crippen molar-refractivity contribution in [1.29, 1.82) is 0 Å². The molecule has 3 nitrogen and oxygen atoms in total. The zero-order valence-electron chi connectivity index (χ0n) is 9.67. The number of hydrogen-bond acceptors (Lipinski definition) is 2. The maximum Gasteiger partial charge on any atom is 0.232 e. The van der Waals surface area contributed by atoms with Gasteiger partial charge < -0.3 is 11.1 Å². The smallest absolute Gasteiger partial charge is 0.232 e. The lowest BCUT2D eigenvalue weighted by Crippen LogP contribution is -2.45. The van der Waals surface area contributed by atoms with Crippen LogP contribution in [-0.2, 0) is 4.79 Å². The highest BCUT2D eigenvalue weighted by molar-refractivity contribution is 7.80. The van der Waals surface area contributed by atoms with E-state index in [4.69, 9.17) is 18.0 Å². The van der Waals surface area contributed by atoms with Crippen LogP contribution in [0.5, 0.6) is 0 Å². The Balaban J connectivity index is 2.41. The van der Waals surface area contributed by atoms with Gasteiger partial charge in [-0.25, -0.2) is 0 Å². The van der Waals surface area contributed by atoms with E-state index >= 15 is 0 Å². The highest BCUT2D eigenvalue weighted by Crippen LogP contribution is 2.35. The number of nitrogens with two attached hydrogens (primary N) is 1. The van der Waals surface area contributed by atoms with Crippen molar-refractivity contribution < 1.29 is 4.79 Å². The molecule has 1 aliphatic carbocycles. The predicted octanol–water partition coefficient (Wildman–Crippen LogP) is 1.60. The Labute approximate surface area is 96.8 Å². The van der Waals surface area contributed by atoms with Crippen molar-refractivity contribution >= 4 is 23.1 Å². The minimum absolute atomic E-state index is 0.0430. The molecular weight excluding hydrogens is 208 g/mol. The van der Waals surface area contributed by atoms with Gasteiger partial charge in [-0.15, -0.1) is 0 Å². The van der Waals surface area contributed by atoms with Crippen molar-refractivity contribution in [1.82, 2.24) is 5.32 Å². The van der Waals surface area contributed by atoms with E-state index in [1.807, 2.05) is 0 Å². The first kappa shape index (κ1) is 12.4. The van der Waals surface area contributed by atoms with E-state index in [9.17, 15) is 4.79 Å². The lowest BCUT2D eigenvalue weighted by molar-refractivity contribution is -0.126. The Hall–Kier alpha value is -0.640. The van der Waals surface area contributed by atoms with Crippen molar-refractivity contribution in [3.63, 3.8) is 0 Å². The number of nitrogens with one attached hydrogen (secondary N) is 1. The molecule has 1 saturated carbocycles. The third-order valence-corrected chi connectivity index (χ3v) is 3.59. The topological polar surface area (TPSA) is 55.1 Å². The van der Waals surface area contributed by atoms with Gasteiger partial charge in [-0.3, -0.25) is 4.79 Å². The fourth-order valence-electron chi connectivity index (χ4n) is 1.57. The van der Waals surface area contributed by atoms with E-state index in [1.54, 1.807) is 13.8 Å². The molecule has 0 bridgehead atoms. The van der Waals surface area contributed by atoms with Crippen molar-refractivity contribution in [2.24, 2.45) is 17.1 Å². The van der Waals surface area contributed by atoms with Gasteiger partial charge in [-0.2, -0.15) is 0 Å². The molecule has 1 aliphatic rings. The second-order valence-electron chi connectivity index (χ2n) is 4.85. The van der Waals surface area contributed by atoms with Crippen LogP contribution in [0, 0.1) is 11.3 Å². The van der Waals surface area contributed by atoms with Gasteiger partial charge in [-0.05, 0) is 32.6 Å². The normalized spacial score (nSPS) is 24.7. The van der Waals surface area contributed by atoms with E-state index in [0.29, 0.717) is 12.0 Å². The fraction of sp³-hybridized carbons (Fsp3) is 0.818. The van der Waals surface area contributed by atoms with Crippen molar-refractivity contribution in [2.45, 2.75) is 46.1 Å². The molecule has 3 N–H and O–H groups in total. The number of amides is 1. The minimum Gasteiger partial charge on any atom is -0.392 e. The summed E-state index contributed by atoms with van der Waals surface area (Å²) in [5.74, 6) is 0.625. The first-order chi connectivity index (χ1) is 6.89. The van der Waals surface area contributed by atoms with Crippen molar-refractivity contribution in [3.8, 4) is 0 Å². The van der Waals surface area contributed by atoms with Gasteiger partial charge in [0.2, 0.25) is 5.91 Å². The van der Waals surface area contributed by atoms with Crippen molar-refractivity contribution in [2.75, 3.05) is 0 Å². The quantitative estimate of drug-likeness (QED) is 0.703. The molecule has 0 spiro atoms. The van der Waals surface area contributed by atoms with E-state index in [-0.39, 0.29) is 10.9 Å². The summed E-state index contributed by atoms with van der Waals surface area (Å²) >= 11 is 4.88. The largest absolute Gasteiger partial charge is 0.392 e. The molecule has 2 atom stereocenters. The fourth-order valence-corrected chi connectivity index (χ4v) is 1.67. The Morgan fingerprint density at radius 3 is 2.67 bits per heavy atom. The van der Waals surface area contributed by atoms with Crippen LogP contribution >= 0.6 is 12.2 Å². The lowest BCUT2D eigenvalue weighted by atomic mass is 9.92. The van der Waals surface area contributed by atoms with Crippen LogP contribution in [0.2, 0.25) is 0 Å². The number of hydrogen-bond donors (Lipinski definition) is 2. The lowest BCUT2D eigenvalue weighted by Gasteiger charge is -2.22. The Morgan fingerprint density at radius 2 is 2.20 bits per heavy atom. The van der Waals surface area contributed by atoms with Crippen LogP contribution in [0.4, 0.5) is 0 Å². The molecule has 0 saturated heterocycles. The first-order valence-corrected chi connectivity index (χ1v) is 5.91. The maximum absolute atomic E-state index is 11.8. The zero-order chi connectivity index (χ0) is 11.6. The van der Waals surface area contributed by atoms with Crippen LogP contribution in [0.3, 0.4) is 0 Å². The van der Waals surface area contributed by atoms with Crippen LogP contribution in [0.15, 0.2) is 0 Å². The summed E-state index contributed by atoms with van der Waals surface area (Å²) in [5, 5.41) is 3.00. The molecule has 0 radical (unpaired) electrons. The van der Waals surface area contributed by atoms with Crippen molar-refractivity contribution in [3.05, 3.63) is 0 Å². The molecule has 0 aromatic carbocycles. The second-order valence-corrected chi connectivity index (χ2v) is 5.29. The Morgan fingerprint density at radius 1 is 1.60 bits per heavy atom. The summed E-state index contributed by atoms with van der Waals surface area (Å²) in [6.07, 6.45) is 3.47. The highest BCUT2D eigenvalue weighted by atomic mass is 32.1. The Bertz CT molecular complexity index is 276. The molecule has 0 heterocycles. The third kappa shape index (κ3) is 2.91. The summed E-state index contributed by atoms with van der Waals surface area (Å²) in [4.78, 5) is 12.1. The molecule has 15 heavy (non-hydrogen) atoms. The van der Waals surface area contributed by atoms with Gasteiger partial charge in [0, 0.05) is 6.04 Å². The average Bonchev–Trinajstić information content (AvgIpc) is 2.83. The van der Waals surface area contributed by atoms with Crippen LogP contribution in [-0.4, -0.2) is 16.9 Å². The molecule has 0 aromatic heterocycles. The summed E-state index contributed by atoms with van der Waals surface area (Å²) < 4.78 is 0. The molecule has 2 unspecified atom stereocenters. The van der Waals surface area contributed by atoms with Crippen LogP contribution in [0.1, 0.15) is 40.0 Å². The zero-order valence-corrected chi connectivity index (χ0v) is 10.5. The number of carbonyl (C=O) groups excluding carboxylic acids is 1. The van der Waals surface area contributed by atoms with Gasteiger partial charge in [0.15, 0.2) is 0 Å². The predicted molar refractivity (Wildman–Crippen MR) is 65.5 cm³/mol. The molecule has 1 rings (SSSR count). The summed E-state index contributed by atoms with van der Waals surface area (Å²) in [6.45, 7) is 5.69. The van der Waals surface area contributed by atoms with E-state index < -0.39 is 5.41 Å². The van der Waals surface area contributed by atoms with E-state index in [0.717, 1.165) is 6.42 Å². The highest BCUT2D eigenvalue weighted by Gasteiger charge is 2.41. The summed E-state index contributed by atoms with van der Waals surface area (Å²) in [6, 6.07) is 0.353. The van der Waals surface area contributed by atoms with Gasteiger partial charge in [0.05, 0.1) is 10.4 Å². The first-order valence-electron chi connectivity index (χ1n) is 5.50. The van der Waals surface area contributed by atoms with Gasteiger partial charge in [0.1, 0.15) is 0 Å². The van der Waals surface area contributed by atoms with Gasteiger partial charge >= 0.3 is 0 Å². The monoisotopic (exact) mass is 228 g/mol. The van der Waals surface area contributed by atoms with E-state index in [1.165, 1.54) is 12.8 Å². The van der Waals surface area contributed by atoms with Gasteiger partial charge in [0.25, 0.3) is 0 Å². The molecule has 1 amide bonds. The molecule has 4 heteroatoms. The molecule has 0 aliphatic heterocycles. The number of rotatable bonds is 5. The summed E-state index contributed by atoms with van der Waals surface area (Å²) in [5.41, 5.74) is 4.80. The second kappa shape index (κ2) is 4.47. The maximum atomic E-state index is 11.8. The average molecular weight is 228 g/mol. The van der Waals surface area contributed by atoms with Crippen LogP contribution in [0.25, 0.3) is 0 Å². The molecular formula is C11H20N2OS. The van der Waals surface area contributed by atoms with E-state index in [2.05, 4.69) is 12.2 Å². The molecule has 0 aromatic rings. The standard InChI is InChI=1S/C11H20N2OS/c1-4-5-7-6-8(7)13-10(14)11(2,3)9(12)15/h7-8H,4-6H2,1-3H3,(H2,12,15)(H,13,14). The number of thiocarbonyl (C=S) groups is 1. The van der Waals surface area contributed by atoms with Gasteiger partial charge in [-0.1, -0.05) is 25.6 Å².